The van der Waals surface area contributed by atoms with Crippen LogP contribution < -0.4 is 21.4 Å². The van der Waals surface area contributed by atoms with E-state index in [2.05, 4.69) is 12.2 Å². The number of rotatable bonds is 5. The maximum Gasteiger partial charge on any atom is 0.341 e. The first-order valence-corrected chi connectivity index (χ1v) is 10.1. The van der Waals surface area contributed by atoms with Crippen molar-refractivity contribution in [1.29, 1.82) is 0 Å². The normalized spacial score (nSPS) is 20.4. The van der Waals surface area contributed by atoms with E-state index in [-0.39, 0.29) is 33.9 Å². The Kier molecular flexibility index (Phi) is 4.94. The molecule has 9 heteroatoms. The quantitative estimate of drug-likeness (QED) is 0.640. The molecule has 4 rings (SSSR count). The number of nitrogens with two attached hydrogens (primary N) is 1. The van der Waals surface area contributed by atoms with Gasteiger partial charge in [-0.3, -0.25) is 4.79 Å². The van der Waals surface area contributed by atoms with Crippen molar-refractivity contribution in [3.8, 4) is 0 Å². The molecule has 1 aromatic heterocycles. The van der Waals surface area contributed by atoms with Crippen molar-refractivity contribution in [2.75, 3.05) is 30.8 Å². The molecule has 0 amide bonds. The second-order valence-corrected chi connectivity index (χ2v) is 8.38. The van der Waals surface area contributed by atoms with E-state index in [1.165, 1.54) is 6.20 Å². The lowest BCUT2D eigenvalue weighted by atomic mass is 10.0. The lowest BCUT2D eigenvalue weighted by Gasteiger charge is -2.25. The van der Waals surface area contributed by atoms with Crippen LogP contribution >= 0.6 is 11.6 Å². The number of aromatic nitrogens is 1. The lowest BCUT2D eigenvalue weighted by molar-refractivity contribution is 0.0695. The molecular formula is C20H24ClFN4O3. The van der Waals surface area contributed by atoms with Crippen LogP contribution in [0.2, 0.25) is 5.02 Å². The van der Waals surface area contributed by atoms with Gasteiger partial charge in [0.2, 0.25) is 5.43 Å². The third-order valence-corrected chi connectivity index (χ3v) is 6.60. The van der Waals surface area contributed by atoms with Crippen LogP contribution in [0.15, 0.2) is 11.0 Å². The highest BCUT2D eigenvalue weighted by molar-refractivity contribution is 6.38. The SMILES string of the molecule is CNC(C)C1CCN(c2c(F)c(N)c3c(=O)c(C(=O)O)cn(C4CC4)c3c2Cl)C1. The van der Waals surface area contributed by atoms with Crippen LogP contribution in [-0.2, 0) is 0 Å². The number of carbonyl (C=O) groups is 1. The molecule has 1 aliphatic carbocycles. The fourth-order valence-corrected chi connectivity index (χ4v) is 4.65. The first-order chi connectivity index (χ1) is 13.8. The molecule has 1 saturated carbocycles. The molecule has 1 aromatic carbocycles. The number of hydrogen-bond donors (Lipinski definition) is 3. The molecule has 2 heterocycles. The number of nitrogens with zero attached hydrogens (tertiary/aromatic N) is 2. The molecule has 0 bridgehead atoms. The third kappa shape index (κ3) is 3.14. The zero-order valence-corrected chi connectivity index (χ0v) is 17.1. The fourth-order valence-electron chi connectivity index (χ4n) is 4.26. The van der Waals surface area contributed by atoms with Crippen molar-refractivity contribution in [2.24, 2.45) is 5.92 Å². The highest BCUT2D eigenvalue weighted by atomic mass is 35.5. The van der Waals surface area contributed by atoms with E-state index in [9.17, 15) is 14.7 Å². The number of pyridine rings is 1. The molecule has 0 spiro atoms. The van der Waals surface area contributed by atoms with E-state index in [0.717, 1.165) is 19.3 Å². The molecule has 2 atom stereocenters. The molecule has 1 aliphatic heterocycles. The maximum atomic E-state index is 15.4. The largest absolute Gasteiger partial charge is 0.477 e. The van der Waals surface area contributed by atoms with Gasteiger partial charge in [0.25, 0.3) is 0 Å². The van der Waals surface area contributed by atoms with E-state index in [0.29, 0.717) is 24.5 Å². The summed E-state index contributed by atoms with van der Waals surface area (Å²) < 4.78 is 17.0. The molecule has 2 aliphatic rings. The summed E-state index contributed by atoms with van der Waals surface area (Å²) in [5.74, 6) is -1.80. The van der Waals surface area contributed by atoms with Crippen LogP contribution in [0.4, 0.5) is 15.8 Å². The Balaban J connectivity index is 1.95. The van der Waals surface area contributed by atoms with Crippen LogP contribution in [0.25, 0.3) is 10.9 Å². The summed E-state index contributed by atoms with van der Waals surface area (Å²) in [5.41, 5.74) is 5.00. The van der Waals surface area contributed by atoms with Crippen LogP contribution in [0.3, 0.4) is 0 Å². The summed E-state index contributed by atoms with van der Waals surface area (Å²) in [5, 5.41) is 12.6. The smallest absolute Gasteiger partial charge is 0.341 e. The van der Waals surface area contributed by atoms with Gasteiger partial charge in [0.05, 0.1) is 27.3 Å². The van der Waals surface area contributed by atoms with Gasteiger partial charge in [0.15, 0.2) is 5.82 Å². The van der Waals surface area contributed by atoms with Gasteiger partial charge in [0.1, 0.15) is 5.56 Å². The number of fused-ring (bicyclic) bond motifs is 1. The molecule has 1 saturated heterocycles. The third-order valence-electron chi connectivity index (χ3n) is 6.24. The van der Waals surface area contributed by atoms with Crippen molar-refractivity contribution in [3.63, 3.8) is 0 Å². The topological polar surface area (TPSA) is 101 Å². The van der Waals surface area contributed by atoms with Crippen LogP contribution in [-0.4, -0.2) is 41.8 Å². The van der Waals surface area contributed by atoms with Gasteiger partial charge in [-0.25, -0.2) is 9.18 Å². The van der Waals surface area contributed by atoms with E-state index in [1.54, 1.807) is 4.57 Å². The Morgan fingerprint density at radius 2 is 2.10 bits per heavy atom. The van der Waals surface area contributed by atoms with Gasteiger partial charge in [-0.1, -0.05) is 11.6 Å². The van der Waals surface area contributed by atoms with Crippen molar-refractivity contribution in [1.82, 2.24) is 9.88 Å². The average Bonchev–Trinajstić information content (AvgIpc) is 3.42. The summed E-state index contributed by atoms with van der Waals surface area (Å²) in [6, 6.07) is 0.296. The Bertz CT molecular complexity index is 1070. The number of halogens is 2. The molecule has 4 N–H and O–H groups in total. The Labute approximate surface area is 172 Å². The summed E-state index contributed by atoms with van der Waals surface area (Å²) in [6.45, 7) is 3.32. The predicted molar refractivity (Wildman–Crippen MR) is 112 cm³/mol. The van der Waals surface area contributed by atoms with Crippen molar-refractivity contribution in [3.05, 3.63) is 32.8 Å². The lowest BCUT2D eigenvalue weighted by Crippen LogP contribution is -2.33. The van der Waals surface area contributed by atoms with Gasteiger partial charge in [0, 0.05) is 31.4 Å². The predicted octanol–water partition coefficient (Wildman–Crippen LogP) is 2.84. The van der Waals surface area contributed by atoms with Gasteiger partial charge >= 0.3 is 5.97 Å². The molecule has 0 radical (unpaired) electrons. The first-order valence-electron chi connectivity index (χ1n) is 9.77. The zero-order valence-electron chi connectivity index (χ0n) is 16.3. The maximum absolute atomic E-state index is 15.4. The van der Waals surface area contributed by atoms with Gasteiger partial charge < -0.3 is 25.6 Å². The van der Waals surface area contributed by atoms with Crippen LogP contribution in [0.1, 0.15) is 42.6 Å². The molecule has 156 valence electrons. The molecule has 2 unspecified atom stereocenters. The number of hydrogen-bond acceptors (Lipinski definition) is 5. The standard InChI is InChI=1S/C20H24ClFN4O3/c1-9(24-2)10-5-6-25(7-10)18-14(21)17-13(16(23)15(18)22)19(27)12(20(28)29)8-26(17)11-3-4-11/h8-11,24H,3-7,23H2,1-2H3,(H,28,29). The highest BCUT2D eigenvalue weighted by Crippen LogP contribution is 2.45. The molecule has 7 nitrogen and oxygen atoms in total. The van der Waals surface area contributed by atoms with Crippen molar-refractivity contribution >= 4 is 39.8 Å². The number of carboxylic acids is 1. The number of benzene rings is 1. The number of anilines is 2. The van der Waals surface area contributed by atoms with Gasteiger partial charge in [-0.05, 0) is 39.2 Å². The Morgan fingerprint density at radius 1 is 1.41 bits per heavy atom. The number of carboxylic acid groups (broad SMARTS) is 1. The van der Waals surface area contributed by atoms with Crippen molar-refractivity contribution < 1.29 is 14.3 Å². The zero-order chi connectivity index (χ0) is 21.0. The summed E-state index contributed by atoms with van der Waals surface area (Å²) in [4.78, 5) is 26.2. The molecular weight excluding hydrogens is 399 g/mol. The van der Waals surface area contributed by atoms with E-state index in [1.807, 2.05) is 11.9 Å². The molecule has 2 aromatic rings. The minimum atomic E-state index is -1.37. The monoisotopic (exact) mass is 422 g/mol. The second-order valence-electron chi connectivity index (χ2n) is 8.00. The van der Waals surface area contributed by atoms with Crippen LogP contribution in [0.5, 0.6) is 0 Å². The minimum Gasteiger partial charge on any atom is -0.477 e. The van der Waals surface area contributed by atoms with Gasteiger partial charge in [-0.15, -0.1) is 0 Å². The van der Waals surface area contributed by atoms with Crippen molar-refractivity contribution in [2.45, 2.75) is 38.3 Å². The number of aromatic carboxylic acids is 1. The highest BCUT2D eigenvalue weighted by Gasteiger charge is 2.34. The molecule has 2 fully saturated rings. The van der Waals surface area contributed by atoms with E-state index < -0.39 is 22.8 Å². The van der Waals surface area contributed by atoms with Gasteiger partial charge in [-0.2, -0.15) is 0 Å². The number of nitrogen functional groups attached to an aromatic ring is 1. The Morgan fingerprint density at radius 3 is 2.69 bits per heavy atom. The molecule has 29 heavy (non-hydrogen) atoms. The van der Waals surface area contributed by atoms with E-state index in [4.69, 9.17) is 17.3 Å². The summed E-state index contributed by atoms with van der Waals surface area (Å²) >= 11 is 6.68. The summed E-state index contributed by atoms with van der Waals surface area (Å²) in [7, 11) is 1.89. The Hall–Kier alpha value is -2.32. The average molecular weight is 423 g/mol. The fraction of sp³-hybridized carbons (Fsp3) is 0.500. The minimum absolute atomic E-state index is 0.0297. The second kappa shape index (κ2) is 7.18. The van der Waals surface area contributed by atoms with Crippen LogP contribution in [0, 0.1) is 11.7 Å². The first kappa shape index (κ1) is 20.0. The number of nitrogens with one attached hydrogen (secondary N) is 1. The van der Waals surface area contributed by atoms with E-state index >= 15 is 4.39 Å². The summed E-state index contributed by atoms with van der Waals surface area (Å²) in [6.07, 6.45) is 3.87.